The molecule has 0 amide bonds. The minimum atomic E-state index is 0.479. The number of fused-ring (bicyclic) bond motifs is 3. The number of hydrogen-bond donors (Lipinski definition) is 0. The normalized spacial score (nSPS) is 16.2. The van der Waals surface area contributed by atoms with E-state index in [1.807, 2.05) is 0 Å². The highest BCUT2D eigenvalue weighted by Gasteiger charge is 2.28. The van der Waals surface area contributed by atoms with E-state index in [1.54, 1.807) is 0 Å². The smallest absolute Gasteiger partial charge is 0.0744 e. The second-order valence-electron chi connectivity index (χ2n) is 8.11. The van der Waals surface area contributed by atoms with Gasteiger partial charge in [-0.15, -0.1) is 0 Å². The third kappa shape index (κ3) is 2.34. The molecule has 0 saturated carbocycles. The minimum absolute atomic E-state index is 0.479. The quantitative estimate of drug-likeness (QED) is 0.348. The first-order chi connectivity index (χ1) is 13.1. The molecule has 0 fully saturated rings. The summed E-state index contributed by atoms with van der Waals surface area (Å²) in [7, 11) is 0. The van der Waals surface area contributed by atoms with Crippen LogP contribution in [0.2, 0.25) is 0 Å². The molecule has 0 spiro atoms. The Labute approximate surface area is 161 Å². The summed E-state index contributed by atoms with van der Waals surface area (Å²) in [6.07, 6.45) is 2.37. The fraction of sp³-hybridized carbons (Fsp3) is 0.269. The number of pyridine rings is 1. The average molecular weight is 351 g/mol. The molecule has 0 saturated heterocycles. The van der Waals surface area contributed by atoms with Crippen LogP contribution in [0.15, 0.2) is 48.5 Å². The lowest BCUT2D eigenvalue weighted by Gasteiger charge is -2.22. The van der Waals surface area contributed by atoms with Gasteiger partial charge in [0.05, 0.1) is 11.0 Å². The van der Waals surface area contributed by atoms with Gasteiger partial charge in [-0.25, -0.2) is 4.98 Å². The Kier molecular flexibility index (Phi) is 3.62. The van der Waals surface area contributed by atoms with Gasteiger partial charge in [0, 0.05) is 16.7 Å². The first kappa shape index (κ1) is 16.5. The van der Waals surface area contributed by atoms with Crippen molar-refractivity contribution in [2.24, 2.45) is 0 Å². The Bertz CT molecular complexity index is 1220. The van der Waals surface area contributed by atoms with Gasteiger partial charge in [-0.2, -0.15) is 0 Å². The second-order valence-corrected chi connectivity index (χ2v) is 8.11. The van der Waals surface area contributed by atoms with Crippen LogP contribution < -0.4 is 0 Å². The summed E-state index contributed by atoms with van der Waals surface area (Å²) in [6.45, 7) is 8.95. The molecule has 1 atom stereocenters. The van der Waals surface area contributed by atoms with E-state index >= 15 is 0 Å². The molecule has 27 heavy (non-hydrogen) atoms. The lowest BCUT2D eigenvalue weighted by molar-refractivity contribution is 0.787. The van der Waals surface area contributed by atoms with Gasteiger partial charge in [0.2, 0.25) is 0 Å². The molecule has 134 valence electrons. The third-order valence-electron chi connectivity index (χ3n) is 6.70. The van der Waals surface area contributed by atoms with Gasteiger partial charge >= 0.3 is 0 Å². The zero-order valence-corrected chi connectivity index (χ0v) is 16.6. The fourth-order valence-electron chi connectivity index (χ4n) is 5.01. The molecule has 1 heterocycles. The lowest BCUT2D eigenvalue weighted by Crippen LogP contribution is -2.05. The predicted octanol–water partition coefficient (Wildman–Crippen LogP) is 6.70. The Hall–Kier alpha value is -2.67. The van der Waals surface area contributed by atoms with Crippen molar-refractivity contribution in [1.82, 2.24) is 4.98 Å². The highest BCUT2D eigenvalue weighted by Crippen LogP contribution is 2.44. The van der Waals surface area contributed by atoms with Crippen LogP contribution in [0.1, 0.15) is 51.3 Å². The van der Waals surface area contributed by atoms with Crippen molar-refractivity contribution in [3.63, 3.8) is 0 Å². The van der Waals surface area contributed by atoms with Crippen molar-refractivity contribution >= 4 is 21.8 Å². The number of rotatable bonds is 1. The van der Waals surface area contributed by atoms with E-state index in [-0.39, 0.29) is 0 Å². The van der Waals surface area contributed by atoms with Gasteiger partial charge in [-0.3, -0.25) is 0 Å². The molecular weight excluding hydrogens is 326 g/mol. The fourth-order valence-corrected chi connectivity index (χ4v) is 5.01. The van der Waals surface area contributed by atoms with E-state index < -0.39 is 0 Å². The molecule has 1 aliphatic rings. The van der Waals surface area contributed by atoms with Crippen LogP contribution in [0.3, 0.4) is 0 Å². The highest BCUT2D eigenvalue weighted by molar-refractivity contribution is 5.98. The van der Waals surface area contributed by atoms with Crippen molar-refractivity contribution in [3.8, 4) is 0 Å². The summed E-state index contributed by atoms with van der Waals surface area (Å²) in [5.74, 6) is 0.479. The predicted molar refractivity (Wildman–Crippen MR) is 115 cm³/mol. The molecule has 1 aliphatic carbocycles. The van der Waals surface area contributed by atoms with Crippen LogP contribution in [0.4, 0.5) is 0 Å². The van der Waals surface area contributed by atoms with Crippen molar-refractivity contribution in [2.75, 3.05) is 0 Å². The Morgan fingerprint density at radius 1 is 0.815 bits per heavy atom. The Morgan fingerprint density at radius 3 is 2.48 bits per heavy atom. The number of aromatic nitrogens is 1. The summed E-state index contributed by atoms with van der Waals surface area (Å²) < 4.78 is 0. The molecule has 3 aromatic carbocycles. The topological polar surface area (TPSA) is 12.9 Å². The van der Waals surface area contributed by atoms with Gasteiger partial charge in [-0.05, 0) is 85.5 Å². The van der Waals surface area contributed by atoms with Gasteiger partial charge < -0.3 is 0 Å². The molecule has 0 radical (unpaired) electrons. The summed E-state index contributed by atoms with van der Waals surface area (Å²) >= 11 is 0. The van der Waals surface area contributed by atoms with E-state index in [1.165, 1.54) is 68.1 Å². The zero-order chi connectivity index (χ0) is 18.7. The van der Waals surface area contributed by atoms with E-state index in [4.69, 9.17) is 4.98 Å². The largest absolute Gasteiger partial charge is 0.247 e. The van der Waals surface area contributed by atoms with Crippen LogP contribution in [-0.4, -0.2) is 4.98 Å². The molecule has 0 N–H and O–H groups in total. The molecular formula is C26H25N. The Morgan fingerprint density at radius 2 is 1.63 bits per heavy atom. The molecule has 1 aromatic heterocycles. The molecule has 4 aromatic rings. The number of hydrogen-bond acceptors (Lipinski definition) is 1. The maximum absolute atomic E-state index is 5.17. The number of nitrogens with zero attached hydrogens (tertiary/aromatic N) is 1. The van der Waals surface area contributed by atoms with Crippen molar-refractivity contribution in [2.45, 2.75) is 46.5 Å². The highest BCUT2D eigenvalue weighted by atomic mass is 14.7. The van der Waals surface area contributed by atoms with Crippen molar-refractivity contribution in [1.29, 1.82) is 0 Å². The minimum Gasteiger partial charge on any atom is -0.247 e. The number of para-hydroxylation sites is 1. The molecule has 5 rings (SSSR count). The van der Waals surface area contributed by atoms with E-state index in [0.29, 0.717) is 5.92 Å². The molecule has 0 aliphatic heterocycles. The van der Waals surface area contributed by atoms with Crippen molar-refractivity contribution < 1.29 is 0 Å². The van der Waals surface area contributed by atoms with Crippen LogP contribution in [0.25, 0.3) is 21.8 Å². The zero-order valence-electron chi connectivity index (χ0n) is 16.6. The molecule has 1 heteroatoms. The van der Waals surface area contributed by atoms with Gasteiger partial charge in [0.25, 0.3) is 0 Å². The van der Waals surface area contributed by atoms with Crippen LogP contribution in [0.5, 0.6) is 0 Å². The first-order valence-electron chi connectivity index (χ1n) is 9.94. The van der Waals surface area contributed by atoms with E-state index in [0.717, 1.165) is 5.52 Å². The van der Waals surface area contributed by atoms with E-state index in [9.17, 15) is 0 Å². The molecule has 0 bridgehead atoms. The van der Waals surface area contributed by atoms with Gasteiger partial charge in [-0.1, -0.05) is 42.5 Å². The summed E-state index contributed by atoms with van der Waals surface area (Å²) in [5.41, 5.74) is 12.2. The molecule has 1 unspecified atom stereocenters. The summed E-state index contributed by atoms with van der Waals surface area (Å²) in [5, 5.41) is 2.59. The standard InChI is InChI=1S/C26H25N/c1-15-8-7-10-20-14-23-24(22-13-12-19-9-5-6-11-21(19)22)17(3)16(2)18(4)26(23)27-25(15)20/h5-11,14,22H,12-13H2,1-4H3. The SMILES string of the molecule is Cc1c(C)c(C)c2nc3c(C)cccc3cc2c1C1CCc2ccccc21. The maximum atomic E-state index is 5.17. The summed E-state index contributed by atoms with van der Waals surface area (Å²) in [6, 6.07) is 17.9. The second kappa shape index (κ2) is 5.92. The van der Waals surface area contributed by atoms with Crippen LogP contribution >= 0.6 is 0 Å². The van der Waals surface area contributed by atoms with E-state index in [2.05, 4.69) is 76.2 Å². The monoisotopic (exact) mass is 351 g/mol. The van der Waals surface area contributed by atoms with Crippen LogP contribution in [-0.2, 0) is 6.42 Å². The Balaban J connectivity index is 1.90. The summed E-state index contributed by atoms with van der Waals surface area (Å²) in [4.78, 5) is 5.17. The van der Waals surface area contributed by atoms with Crippen LogP contribution in [0, 0.1) is 27.7 Å². The van der Waals surface area contributed by atoms with Crippen molar-refractivity contribution in [3.05, 3.63) is 87.5 Å². The first-order valence-corrected chi connectivity index (χ1v) is 9.94. The molecule has 1 nitrogen and oxygen atoms in total. The van der Waals surface area contributed by atoms with Gasteiger partial charge in [0.15, 0.2) is 0 Å². The maximum Gasteiger partial charge on any atom is 0.0744 e. The van der Waals surface area contributed by atoms with Gasteiger partial charge in [0.1, 0.15) is 0 Å². The lowest BCUT2D eigenvalue weighted by atomic mass is 9.83. The number of benzene rings is 3. The third-order valence-corrected chi connectivity index (χ3v) is 6.70. The average Bonchev–Trinajstić information content (AvgIpc) is 3.10. The number of aryl methyl sites for hydroxylation is 3.